The van der Waals surface area contributed by atoms with Gasteiger partial charge >= 0.3 is 0 Å². The molecule has 29 heavy (non-hydrogen) atoms. The van der Waals surface area contributed by atoms with Gasteiger partial charge in [-0.25, -0.2) is 4.98 Å². The summed E-state index contributed by atoms with van der Waals surface area (Å²) in [6.07, 6.45) is 0. The molecule has 0 aliphatic rings. The lowest BCUT2D eigenvalue weighted by molar-refractivity contribution is -0.121. The third kappa shape index (κ3) is 4.40. The van der Waals surface area contributed by atoms with Crippen LogP contribution < -0.4 is 10.1 Å². The summed E-state index contributed by atoms with van der Waals surface area (Å²) in [5.41, 5.74) is 1.80. The summed E-state index contributed by atoms with van der Waals surface area (Å²) in [6.45, 7) is 5.34. The molecule has 3 aromatic carbocycles. The number of fused-ring (bicyclic) bond motifs is 2. The number of para-hydroxylation sites is 2. The molecule has 5 heteroatoms. The third-order valence-corrected chi connectivity index (χ3v) is 4.83. The number of ether oxygens (including phenoxy) is 1. The van der Waals surface area contributed by atoms with Gasteiger partial charge in [0.25, 0.3) is 0 Å². The van der Waals surface area contributed by atoms with E-state index in [0.29, 0.717) is 19.1 Å². The molecular formula is C24H25N3O2. The summed E-state index contributed by atoms with van der Waals surface area (Å²) in [7, 11) is 0. The van der Waals surface area contributed by atoms with Crippen LogP contribution in [0.2, 0.25) is 0 Å². The minimum Gasteiger partial charge on any atom is -0.486 e. The Morgan fingerprint density at radius 3 is 2.62 bits per heavy atom. The number of hydrogen-bond acceptors (Lipinski definition) is 3. The maximum atomic E-state index is 12.4. The van der Waals surface area contributed by atoms with Crippen LogP contribution in [-0.2, 0) is 17.9 Å². The summed E-state index contributed by atoms with van der Waals surface area (Å²) >= 11 is 0. The summed E-state index contributed by atoms with van der Waals surface area (Å²) in [5, 5.41) is 5.28. The molecule has 0 aliphatic heterocycles. The van der Waals surface area contributed by atoms with Crippen LogP contribution >= 0.6 is 0 Å². The first kappa shape index (κ1) is 19.0. The van der Waals surface area contributed by atoms with E-state index in [2.05, 4.69) is 31.3 Å². The maximum Gasteiger partial charge on any atom is 0.240 e. The van der Waals surface area contributed by atoms with Gasteiger partial charge < -0.3 is 14.6 Å². The van der Waals surface area contributed by atoms with Crippen molar-refractivity contribution in [1.29, 1.82) is 0 Å². The highest BCUT2D eigenvalue weighted by molar-refractivity contribution is 5.84. The van der Waals surface area contributed by atoms with E-state index in [-0.39, 0.29) is 12.5 Å². The van der Waals surface area contributed by atoms with Crippen LogP contribution in [0.3, 0.4) is 0 Å². The van der Waals surface area contributed by atoms with Crippen molar-refractivity contribution in [1.82, 2.24) is 14.9 Å². The van der Waals surface area contributed by atoms with E-state index < -0.39 is 0 Å². The molecule has 0 unspecified atom stereocenters. The van der Waals surface area contributed by atoms with Crippen LogP contribution in [0, 0.1) is 5.92 Å². The van der Waals surface area contributed by atoms with E-state index in [0.717, 1.165) is 28.0 Å². The minimum atomic E-state index is -0.0196. The smallest absolute Gasteiger partial charge is 0.240 e. The Morgan fingerprint density at radius 2 is 1.79 bits per heavy atom. The summed E-state index contributed by atoms with van der Waals surface area (Å²) in [6, 6.07) is 22.1. The Balaban J connectivity index is 1.56. The van der Waals surface area contributed by atoms with Gasteiger partial charge in [-0.1, -0.05) is 56.3 Å². The standard InChI is InChI=1S/C24H25N3O2/c1-17(2)14-25-24(28)15-27-22-10-6-5-9-21(22)26-23(27)16-29-20-12-11-18-7-3-4-8-19(18)13-20/h3-13,17H,14-16H2,1-2H3,(H,25,28). The molecule has 5 nitrogen and oxygen atoms in total. The molecule has 148 valence electrons. The van der Waals surface area contributed by atoms with Crippen molar-refractivity contribution >= 4 is 27.7 Å². The number of nitrogens with one attached hydrogen (secondary N) is 1. The highest BCUT2D eigenvalue weighted by Crippen LogP contribution is 2.22. The Hall–Kier alpha value is -3.34. The predicted molar refractivity (Wildman–Crippen MR) is 116 cm³/mol. The normalized spacial score (nSPS) is 11.3. The summed E-state index contributed by atoms with van der Waals surface area (Å²) in [4.78, 5) is 17.1. The molecule has 0 aliphatic carbocycles. The first-order chi connectivity index (χ1) is 14.1. The average Bonchev–Trinajstić information content (AvgIpc) is 3.08. The Kier molecular flexibility index (Phi) is 5.47. The van der Waals surface area contributed by atoms with Gasteiger partial charge in [0, 0.05) is 6.54 Å². The lowest BCUT2D eigenvalue weighted by Crippen LogP contribution is -2.31. The fourth-order valence-corrected chi connectivity index (χ4v) is 3.33. The quantitative estimate of drug-likeness (QED) is 0.506. The van der Waals surface area contributed by atoms with Gasteiger partial charge in [-0.3, -0.25) is 4.79 Å². The molecule has 0 atom stereocenters. The number of carbonyl (C=O) groups excluding carboxylic acids is 1. The Labute approximate surface area is 170 Å². The largest absolute Gasteiger partial charge is 0.486 e. The van der Waals surface area contributed by atoms with Crippen molar-refractivity contribution in [2.24, 2.45) is 5.92 Å². The van der Waals surface area contributed by atoms with Crippen molar-refractivity contribution < 1.29 is 9.53 Å². The van der Waals surface area contributed by atoms with Gasteiger partial charge in [0.15, 0.2) is 0 Å². The van der Waals surface area contributed by atoms with Crippen molar-refractivity contribution in [2.75, 3.05) is 6.54 Å². The lowest BCUT2D eigenvalue weighted by atomic mass is 10.1. The predicted octanol–water partition coefficient (Wildman–Crippen LogP) is 4.54. The van der Waals surface area contributed by atoms with Crippen LogP contribution in [0.25, 0.3) is 21.8 Å². The van der Waals surface area contributed by atoms with Crippen molar-refractivity contribution in [2.45, 2.75) is 27.0 Å². The topological polar surface area (TPSA) is 56.2 Å². The molecule has 1 N–H and O–H groups in total. The zero-order chi connectivity index (χ0) is 20.2. The fraction of sp³-hybridized carbons (Fsp3) is 0.250. The van der Waals surface area contributed by atoms with Crippen molar-refractivity contribution in [3.63, 3.8) is 0 Å². The Morgan fingerprint density at radius 1 is 1.03 bits per heavy atom. The first-order valence-corrected chi connectivity index (χ1v) is 9.92. The number of imidazole rings is 1. The van der Waals surface area contributed by atoms with Crippen LogP contribution in [0.15, 0.2) is 66.7 Å². The first-order valence-electron chi connectivity index (χ1n) is 9.92. The number of nitrogens with zero attached hydrogens (tertiary/aromatic N) is 2. The van der Waals surface area contributed by atoms with E-state index >= 15 is 0 Å². The SMILES string of the molecule is CC(C)CNC(=O)Cn1c(COc2ccc3ccccc3c2)nc2ccccc21. The lowest BCUT2D eigenvalue weighted by Gasteiger charge is -2.12. The molecule has 0 radical (unpaired) electrons. The van der Waals surface area contributed by atoms with Gasteiger partial charge in [0.05, 0.1) is 11.0 Å². The number of aromatic nitrogens is 2. The molecular weight excluding hydrogens is 362 g/mol. The zero-order valence-corrected chi connectivity index (χ0v) is 16.8. The number of rotatable bonds is 7. The van der Waals surface area contributed by atoms with Crippen molar-refractivity contribution in [3.05, 3.63) is 72.6 Å². The van der Waals surface area contributed by atoms with E-state index in [1.165, 1.54) is 5.39 Å². The van der Waals surface area contributed by atoms with Crippen molar-refractivity contribution in [3.8, 4) is 5.75 Å². The van der Waals surface area contributed by atoms with Crippen LogP contribution in [0.4, 0.5) is 0 Å². The monoisotopic (exact) mass is 387 g/mol. The van der Waals surface area contributed by atoms with E-state index in [1.807, 2.05) is 59.2 Å². The summed E-state index contributed by atoms with van der Waals surface area (Å²) in [5.74, 6) is 1.91. The maximum absolute atomic E-state index is 12.4. The number of benzene rings is 3. The van der Waals surface area contributed by atoms with Gasteiger partial charge in [0.1, 0.15) is 24.7 Å². The minimum absolute atomic E-state index is 0.0196. The van der Waals surface area contributed by atoms with Gasteiger partial charge in [-0.05, 0) is 41.0 Å². The molecule has 0 saturated carbocycles. The summed E-state index contributed by atoms with van der Waals surface area (Å²) < 4.78 is 7.97. The van der Waals surface area contributed by atoms with E-state index in [1.54, 1.807) is 0 Å². The Bertz CT molecular complexity index is 1150. The molecule has 1 aromatic heterocycles. The molecule has 0 fully saturated rings. The third-order valence-electron chi connectivity index (χ3n) is 4.83. The molecule has 1 amide bonds. The zero-order valence-electron chi connectivity index (χ0n) is 16.8. The highest BCUT2D eigenvalue weighted by atomic mass is 16.5. The van der Waals surface area contributed by atoms with E-state index in [4.69, 9.17) is 9.72 Å². The second kappa shape index (κ2) is 8.35. The second-order valence-electron chi connectivity index (χ2n) is 7.60. The fourth-order valence-electron chi connectivity index (χ4n) is 3.33. The van der Waals surface area contributed by atoms with Crippen LogP contribution in [0.5, 0.6) is 5.75 Å². The van der Waals surface area contributed by atoms with Gasteiger partial charge in [0.2, 0.25) is 5.91 Å². The molecule has 0 spiro atoms. The van der Waals surface area contributed by atoms with Gasteiger partial charge in [-0.15, -0.1) is 0 Å². The van der Waals surface area contributed by atoms with Crippen LogP contribution in [-0.4, -0.2) is 22.0 Å². The van der Waals surface area contributed by atoms with E-state index in [9.17, 15) is 4.79 Å². The molecule has 1 heterocycles. The van der Waals surface area contributed by atoms with Gasteiger partial charge in [-0.2, -0.15) is 0 Å². The molecule has 4 aromatic rings. The number of hydrogen-bond donors (Lipinski definition) is 1. The number of amides is 1. The second-order valence-corrected chi connectivity index (χ2v) is 7.60. The van der Waals surface area contributed by atoms with Crippen LogP contribution in [0.1, 0.15) is 19.7 Å². The molecule has 4 rings (SSSR count). The molecule has 0 bridgehead atoms. The number of carbonyl (C=O) groups is 1. The average molecular weight is 387 g/mol. The molecule has 0 saturated heterocycles. The highest BCUT2D eigenvalue weighted by Gasteiger charge is 2.14.